The van der Waals surface area contributed by atoms with E-state index in [-0.39, 0.29) is 10.6 Å². The Morgan fingerprint density at radius 1 is 1.21 bits per heavy atom. The van der Waals surface area contributed by atoms with Gasteiger partial charge >= 0.3 is 0 Å². The van der Waals surface area contributed by atoms with Crippen molar-refractivity contribution in [3.8, 4) is 0 Å². The molecule has 1 saturated carbocycles. The summed E-state index contributed by atoms with van der Waals surface area (Å²) in [6, 6.07) is 3.79. The van der Waals surface area contributed by atoms with Crippen LogP contribution in [0.15, 0.2) is 23.1 Å². The number of rotatable bonds is 2. The van der Waals surface area contributed by atoms with Crippen molar-refractivity contribution in [1.82, 2.24) is 0 Å². The van der Waals surface area contributed by atoms with Gasteiger partial charge in [-0.15, -0.1) is 0 Å². The first-order valence-corrected chi connectivity index (χ1v) is 8.16. The smallest absolute Gasteiger partial charge is 0.184 e. The molecule has 5 heteroatoms. The molecule has 3 nitrogen and oxygen atoms in total. The van der Waals surface area contributed by atoms with Gasteiger partial charge in [-0.25, -0.2) is 12.8 Å². The fraction of sp³-hybridized carbons (Fsp3) is 0.571. The molecule has 0 bridgehead atoms. The molecule has 0 saturated heterocycles. The first-order valence-electron chi connectivity index (χ1n) is 6.61. The monoisotopic (exact) mass is 285 g/mol. The van der Waals surface area contributed by atoms with Gasteiger partial charge in [-0.3, -0.25) is 0 Å². The van der Waals surface area contributed by atoms with Crippen LogP contribution in [0.5, 0.6) is 0 Å². The summed E-state index contributed by atoms with van der Waals surface area (Å²) < 4.78 is 38.8. The molecule has 0 aromatic heterocycles. The summed E-state index contributed by atoms with van der Waals surface area (Å²) in [5.41, 5.74) is 5.69. The molecule has 19 heavy (non-hydrogen) atoms. The van der Waals surface area contributed by atoms with Gasteiger partial charge in [0.25, 0.3) is 0 Å². The molecule has 0 amide bonds. The summed E-state index contributed by atoms with van der Waals surface area (Å²) in [4.78, 5) is -0.214. The Morgan fingerprint density at radius 3 is 2.47 bits per heavy atom. The molecule has 0 heterocycles. The second-order valence-electron chi connectivity index (χ2n) is 5.62. The number of halogens is 1. The third-order valence-electron chi connectivity index (χ3n) is 4.25. The van der Waals surface area contributed by atoms with Crippen LogP contribution in [0.25, 0.3) is 0 Å². The standard InChI is InChI=1S/C14H20FNO2S/c1-9-3-5-12(7-10(9)2)19(17,18)14-6-4-11(16)8-13(14)15/h4,6,8-10,12H,3,5,7,16H2,1-2H3. The van der Waals surface area contributed by atoms with Gasteiger partial charge in [0.05, 0.1) is 5.25 Å². The van der Waals surface area contributed by atoms with Crippen LogP contribution in [0.4, 0.5) is 10.1 Å². The Balaban J connectivity index is 2.32. The van der Waals surface area contributed by atoms with Crippen molar-refractivity contribution < 1.29 is 12.8 Å². The highest BCUT2D eigenvalue weighted by Crippen LogP contribution is 2.36. The number of nitrogens with two attached hydrogens (primary N) is 1. The summed E-state index contributed by atoms with van der Waals surface area (Å²) in [5.74, 6) is 0.138. The van der Waals surface area contributed by atoms with E-state index in [1.165, 1.54) is 12.1 Å². The van der Waals surface area contributed by atoms with E-state index in [1.54, 1.807) is 0 Å². The fourth-order valence-electron chi connectivity index (χ4n) is 2.71. The normalized spacial score (nSPS) is 28.3. The highest BCUT2D eigenvalue weighted by Gasteiger charge is 2.35. The number of nitrogen functional groups attached to an aromatic ring is 1. The number of benzene rings is 1. The minimum atomic E-state index is -3.60. The van der Waals surface area contributed by atoms with E-state index < -0.39 is 20.9 Å². The molecule has 0 spiro atoms. The minimum absolute atomic E-state index is 0.214. The number of hydrogen-bond acceptors (Lipinski definition) is 3. The van der Waals surface area contributed by atoms with E-state index in [0.29, 0.717) is 24.7 Å². The number of anilines is 1. The lowest BCUT2D eigenvalue weighted by Gasteiger charge is -2.31. The zero-order valence-corrected chi connectivity index (χ0v) is 12.1. The van der Waals surface area contributed by atoms with E-state index in [2.05, 4.69) is 13.8 Å². The Kier molecular flexibility index (Phi) is 3.85. The maximum atomic E-state index is 13.8. The minimum Gasteiger partial charge on any atom is -0.399 e. The zero-order valence-electron chi connectivity index (χ0n) is 11.3. The van der Waals surface area contributed by atoms with Gasteiger partial charge in [-0.1, -0.05) is 13.8 Å². The molecule has 1 aliphatic rings. The molecule has 1 fully saturated rings. The molecular formula is C14H20FNO2S. The summed E-state index contributed by atoms with van der Waals surface area (Å²) in [5, 5.41) is -0.475. The van der Waals surface area contributed by atoms with E-state index in [0.717, 1.165) is 12.5 Å². The van der Waals surface area contributed by atoms with Gasteiger partial charge in [0, 0.05) is 5.69 Å². The number of sulfone groups is 1. The Labute approximate surface area is 113 Å². The quantitative estimate of drug-likeness (QED) is 0.850. The first kappa shape index (κ1) is 14.3. The average molecular weight is 285 g/mol. The third kappa shape index (κ3) is 2.76. The van der Waals surface area contributed by atoms with Crippen LogP contribution in [0.1, 0.15) is 33.1 Å². The van der Waals surface area contributed by atoms with Gasteiger partial charge < -0.3 is 5.73 Å². The maximum absolute atomic E-state index is 13.8. The molecule has 3 atom stereocenters. The van der Waals surface area contributed by atoms with Crippen molar-refractivity contribution in [2.24, 2.45) is 11.8 Å². The van der Waals surface area contributed by atoms with Crippen LogP contribution in [-0.2, 0) is 9.84 Å². The highest BCUT2D eigenvalue weighted by atomic mass is 32.2. The van der Waals surface area contributed by atoms with Crippen molar-refractivity contribution in [3.05, 3.63) is 24.0 Å². The van der Waals surface area contributed by atoms with Gasteiger partial charge in [0.2, 0.25) is 0 Å². The van der Waals surface area contributed by atoms with Crippen LogP contribution >= 0.6 is 0 Å². The zero-order chi connectivity index (χ0) is 14.2. The molecule has 106 valence electrons. The lowest BCUT2D eigenvalue weighted by Crippen LogP contribution is -2.31. The van der Waals surface area contributed by atoms with E-state index in [4.69, 9.17) is 5.73 Å². The van der Waals surface area contributed by atoms with Crippen molar-refractivity contribution in [1.29, 1.82) is 0 Å². The van der Waals surface area contributed by atoms with Gasteiger partial charge in [0.1, 0.15) is 10.7 Å². The molecule has 2 rings (SSSR count). The van der Waals surface area contributed by atoms with E-state index in [9.17, 15) is 12.8 Å². The largest absolute Gasteiger partial charge is 0.399 e. The highest BCUT2D eigenvalue weighted by molar-refractivity contribution is 7.92. The van der Waals surface area contributed by atoms with Gasteiger partial charge in [0.15, 0.2) is 9.84 Å². The van der Waals surface area contributed by atoms with Crippen molar-refractivity contribution in [3.63, 3.8) is 0 Å². The van der Waals surface area contributed by atoms with E-state index in [1.807, 2.05) is 0 Å². The maximum Gasteiger partial charge on any atom is 0.184 e. The van der Waals surface area contributed by atoms with Crippen LogP contribution in [-0.4, -0.2) is 13.7 Å². The topological polar surface area (TPSA) is 60.2 Å². The molecular weight excluding hydrogens is 265 g/mol. The Hall–Kier alpha value is -1.10. The summed E-state index contributed by atoms with van der Waals surface area (Å²) in [6.07, 6.45) is 2.09. The van der Waals surface area contributed by atoms with E-state index >= 15 is 0 Å². The summed E-state index contributed by atoms with van der Waals surface area (Å²) in [6.45, 7) is 4.20. The van der Waals surface area contributed by atoms with Crippen LogP contribution in [0, 0.1) is 17.7 Å². The SMILES string of the molecule is CC1CCC(S(=O)(=O)c2ccc(N)cc2F)CC1C. The second-order valence-corrected chi connectivity index (χ2v) is 7.82. The van der Waals surface area contributed by atoms with Crippen LogP contribution in [0.3, 0.4) is 0 Å². The van der Waals surface area contributed by atoms with Crippen molar-refractivity contribution in [2.75, 3.05) is 5.73 Å². The van der Waals surface area contributed by atoms with Gasteiger partial charge in [-0.2, -0.15) is 0 Å². The molecule has 0 aliphatic heterocycles. The first-order chi connectivity index (χ1) is 8.82. The second kappa shape index (κ2) is 5.12. The van der Waals surface area contributed by atoms with Crippen LogP contribution in [0.2, 0.25) is 0 Å². The third-order valence-corrected chi connectivity index (χ3v) is 6.50. The molecule has 1 aromatic carbocycles. The molecule has 3 unspecified atom stereocenters. The Morgan fingerprint density at radius 2 is 1.89 bits per heavy atom. The number of hydrogen-bond donors (Lipinski definition) is 1. The molecule has 1 aromatic rings. The molecule has 0 radical (unpaired) electrons. The molecule has 1 aliphatic carbocycles. The predicted molar refractivity (Wildman–Crippen MR) is 74.0 cm³/mol. The van der Waals surface area contributed by atoms with Gasteiger partial charge in [-0.05, 0) is 49.3 Å². The van der Waals surface area contributed by atoms with Crippen molar-refractivity contribution in [2.45, 2.75) is 43.3 Å². The molecule has 2 N–H and O–H groups in total. The summed E-state index contributed by atoms with van der Waals surface area (Å²) in [7, 11) is -3.60. The van der Waals surface area contributed by atoms with Crippen LogP contribution < -0.4 is 5.73 Å². The Bertz CT molecular complexity index is 571. The van der Waals surface area contributed by atoms with Crippen molar-refractivity contribution >= 4 is 15.5 Å². The average Bonchev–Trinajstić information content (AvgIpc) is 2.32. The fourth-order valence-corrected chi connectivity index (χ4v) is 4.66. The lowest BCUT2D eigenvalue weighted by molar-refractivity contribution is 0.278. The lowest BCUT2D eigenvalue weighted by atomic mass is 9.81. The summed E-state index contributed by atoms with van der Waals surface area (Å²) >= 11 is 0. The predicted octanol–water partition coefficient (Wildman–Crippen LogP) is 3.01.